The number of hydrogen-bond acceptors (Lipinski definition) is 2. The highest BCUT2D eigenvalue weighted by Gasteiger charge is 2.35. The maximum Gasteiger partial charge on any atom is 0.220 e. The lowest BCUT2D eigenvalue weighted by atomic mass is 9.67. The maximum atomic E-state index is 11.9. The average Bonchev–Trinajstić information content (AvgIpc) is 2.29. The molecule has 2 N–H and O–H groups in total. The first-order valence-corrected chi connectivity index (χ1v) is 7.21. The van der Waals surface area contributed by atoms with Gasteiger partial charge in [-0.2, -0.15) is 0 Å². The van der Waals surface area contributed by atoms with Crippen LogP contribution in [0.25, 0.3) is 0 Å². The van der Waals surface area contributed by atoms with Crippen LogP contribution in [0.2, 0.25) is 0 Å². The minimum atomic E-state index is 0.262. The zero-order valence-corrected chi connectivity index (χ0v) is 11.1. The van der Waals surface area contributed by atoms with Gasteiger partial charge in [-0.15, -0.1) is 0 Å². The summed E-state index contributed by atoms with van der Waals surface area (Å²) in [5, 5.41) is 6.52. The molecule has 0 radical (unpaired) electrons. The zero-order valence-electron chi connectivity index (χ0n) is 11.1. The third-order valence-corrected chi connectivity index (χ3v) is 4.70. The van der Waals surface area contributed by atoms with Crippen LogP contribution in [0.4, 0.5) is 0 Å². The highest BCUT2D eigenvalue weighted by atomic mass is 16.1. The first-order chi connectivity index (χ1) is 8.24. The van der Waals surface area contributed by atoms with E-state index < -0.39 is 0 Å². The summed E-state index contributed by atoms with van der Waals surface area (Å²) in [5.41, 5.74) is 0.445. The van der Waals surface area contributed by atoms with Crippen molar-refractivity contribution in [2.24, 2.45) is 11.3 Å². The second-order valence-electron chi connectivity index (χ2n) is 5.90. The molecule has 1 aliphatic carbocycles. The summed E-state index contributed by atoms with van der Waals surface area (Å²) in [6.07, 6.45) is 8.29. The van der Waals surface area contributed by atoms with E-state index in [1.807, 2.05) is 0 Å². The summed E-state index contributed by atoms with van der Waals surface area (Å²) in [5.74, 6) is 0.821. The first kappa shape index (κ1) is 12.9. The topological polar surface area (TPSA) is 41.1 Å². The lowest BCUT2D eigenvalue weighted by Crippen LogP contribution is -2.42. The van der Waals surface area contributed by atoms with E-state index in [0.29, 0.717) is 17.8 Å². The first-order valence-electron chi connectivity index (χ1n) is 7.21. The van der Waals surface area contributed by atoms with E-state index in [4.69, 9.17) is 0 Å². The third-order valence-electron chi connectivity index (χ3n) is 4.70. The van der Waals surface area contributed by atoms with Gasteiger partial charge in [0.2, 0.25) is 5.91 Å². The Morgan fingerprint density at radius 1 is 1.41 bits per heavy atom. The van der Waals surface area contributed by atoms with Gasteiger partial charge in [0.15, 0.2) is 0 Å². The van der Waals surface area contributed by atoms with E-state index in [9.17, 15) is 4.79 Å². The van der Waals surface area contributed by atoms with Crippen molar-refractivity contribution in [3.63, 3.8) is 0 Å². The van der Waals surface area contributed by atoms with Gasteiger partial charge in [-0.1, -0.05) is 13.3 Å². The Balaban J connectivity index is 1.66. The monoisotopic (exact) mass is 238 g/mol. The van der Waals surface area contributed by atoms with Crippen molar-refractivity contribution in [2.75, 3.05) is 19.6 Å². The highest BCUT2D eigenvalue weighted by molar-refractivity contribution is 5.76. The van der Waals surface area contributed by atoms with E-state index in [2.05, 4.69) is 17.6 Å². The van der Waals surface area contributed by atoms with Gasteiger partial charge in [-0.3, -0.25) is 4.79 Å². The lowest BCUT2D eigenvalue weighted by Gasteiger charge is -2.41. The van der Waals surface area contributed by atoms with Crippen LogP contribution in [0.3, 0.4) is 0 Å². The molecule has 0 bridgehead atoms. The standard InChI is InChI=1S/C14H26N2O/c1-2-14(6-4-7-14)11-16-13(17)9-12-5-3-8-15-10-12/h12,15H,2-11H2,1H3,(H,16,17). The Kier molecular flexibility index (Phi) is 4.43. The Labute approximate surface area is 105 Å². The minimum Gasteiger partial charge on any atom is -0.356 e. The van der Waals surface area contributed by atoms with E-state index in [-0.39, 0.29) is 5.91 Å². The fourth-order valence-electron chi connectivity index (χ4n) is 3.05. The molecule has 1 amide bonds. The predicted octanol–water partition coefficient (Wildman–Crippen LogP) is 2.07. The molecule has 0 aromatic carbocycles. The molecule has 2 fully saturated rings. The number of carbonyl (C=O) groups is 1. The molecule has 3 heteroatoms. The molecule has 1 saturated heterocycles. The van der Waals surface area contributed by atoms with Crippen molar-refractivity contribution in [2.45, 2.75) is 51.9 Å². The van der Waals surface area contributed by atoms with Crippen LogP contribution < -0.4 is 10.6 Å². The summed E-state index contributed by atoms with van der Waals surface area (Å²) in [7, 11) is 0. The van der Waals surface area contributed by atoms with Crippen molar-refractivity contribution >= 4 is 5.91 Å². The molecule has 0 spiro atoms. The van der Waals surface area contributed by atoms with Gasteiger partial charge >= 0.3 is 0 Å². The van der Waals surface area contributed by atoms with Crippen LogP contribution >= 0.6 is 0 Å². The van der Waals surface area contributed by atoms with Crippen LogP contribution in [0.5, 0.6) is 0 Å². The Bertz CT molecular complexity index is 249. The van der Waals surface area contributed by atoms with Crippen molar-refractivity contribution in [1.29, 1.82) is 0 Å². The molecule has 0 aromatic rings. The van der Waals surface area contributed by atoms with Gasteiger partial charge in [0.1, 0.15) is 0 Å². The van der Waals surface area contributed by atoms with E-state index in [1.165, 1.54) is 38.5 Å². The molecule has 0 aromatic heterocycles. The van der Waals surface area contributed by atoms with Gasteiger partial charge in [0, 0.05) is 13.0 Å². The fraction of sp³-hybridized carbons (Fsp3) is 0.929. The number of nitrogens with one attached hydrogen (secondary N) is 2. The van der Waals surface area contributed by atoms with Crippen molar-refractivity contribution < 1.29 is 4.79 Å². The van der Waals surface area contributed by atoms with Crippen LogP contribution in [0.1, 0.15) is 51.9 Å². The largest absolute Gasteiger partial charge is 0.356 e. The molecule has 3 nitrogen and oxygen atoms in total. The summed E-state index contributed by atoms with van der Waals surface area (Å²) in [6.45, 7) is 5.29. The number of amides is 1. The highest BCUT2D eigenvalue weighted by Crippen LogP contribution is 2.43. The summed E-state index contributed by atoms with van der Waals surface area (Å²) in [4.78, 5) is 11.9. The molecule has 1 atom stereocenters. The van der Waals surface area contributed by atoms with Gasteiger partial charge in [0.05, 0.1) is 0 Å². The third kappa shape index (κ3) is 3.44. The summed E-state index contributed by atoms with van der Waals surface area (Å²) in [6, 6.07) is 0. The van der Waals surface area contributed by atoms with E-state index in [1.54, 1.807) is 0 Å². The maximum absolute atomic E-state index is 11.9. The lowest BCUT2D eigenvalue weighted by molar-refractivity contribution is -0.123. The molecule has 1 heterocycles. The summed E-state index contributed by atoms with van der Waals surface area (Å²) < 4.78 is 0. The number of hydrogen-bond donors (Lipinski definition) is 2. The van der Waals surface area contributed by atoms with Crippen LogP contribution in [0.15, 0.2) is 0 Å². The predicted molar refractivity (Wildman–Crippen MR) is 69.8 cm³/mol. The number of carbonyl (C=O) groups excluding carboxylic acids is 1. The molecular weight excluding hydrogens is 212 g/mol. The molecule has 1 saturated carbocycles. The number of piperidine rings is 1. The normalized spacial score (nSPS) is 27.2. The van der Waals surface area contributed by atoms with Crippen molar-refractivity contribution in [3.05, 3.63) is 0 Å². The molecule has 17 heavy (non-hydrogen) atoms. The Morgan fingerprint density at radius 2 is 2.24 bits per heavy atom. The van der Waals surface area contributed by atoms with Crippen molar-refractivity contribution in [1.82, 2.24) is 10.6 Å². The van der Waals surface area contributed by atoms with Gasteiger partial charge in [-0.25, -0.2) is 0 Å². The number of rotatable bonds is 5. The zero-order chi connectivity index (χ0) is 12.1. The van der Waals surface area contributed by atoms with Gasteiger partial charge < -0.3 is 10.6 Å². The molecule has 2 aliphatic rings. The second kappa shape index (κ2) is 5.85. The van der Waals surface area contributed by atoms with Crippen LogP contribution in [0, 0.1) is 11.3 Å². The van der Waals surface area contributed by atoms with Crippen molar-refractivity contribution in [3.8, 4) is 0 Å². The fourth-order valence-corrected chi connectivity index (χ4v) is 3.05. The van der Waals surface area contributed by atoms with Crippen LogP contribution in [-0.2, 0) is 4.79 Å². The molecular formula is C14H26N2O. The second-order valence-corrected chi connectivity index (χ2v) is 5.90. The molecule has 98 valence electrons. The molecule has 2 rings (SSSR count). The minimum absolute atomic E-state index is 0.262. The van der Waals surface area contributed by atoms with E-state index in [0.717, 1.165) is 19.6 Å². The average molecular weight is 238 g/mol. The molecule has 1 unspecified atom stereocenters. The SMILES string of the molecule is CCC1(CNC(=O)CC2CCCNC2)CCC1. The molecule has 1 aliphatic heterocycles. The van der Waals surface area contributed by atoms with Gasteiger partial charge in [-0.05, 0) is 56.5 Å². The van der Waals surface area contributed by atoms with Gasteiger partial charge in [0.25, 0.3) is 0 Å². The van der Waals surface area contributed by atoms with Crippen LogP contribution in [-0.4, -0.2) is 25.5 Å². The Hall–Kier alpha value is -0.570. The Morgan fingerprint density at radius 3 is 2.76 bits per heavy atom. The quantitative estimate of drug-likeness (QED) is 0.770. The smallest absolute Gasteiger partial charge is 0.220 e. The van der Waals surface area contributed by atoms with E-state index >= 15 is 0 Å². The summed E-state index contributed by atoms with van der Waals surface area (Å²) >= 11 is 0.